The van der Waals surface area contributed by atoms with Crippen LogP contribution in [0.2, 0.25) is 0 Å². The molecule has 6 heteroatoms. The van der Waals surface area contributed by atoms with E-state index in [1.54, 1.807) is 0 Å². The number of hydrogen-bond acceptors (Lipinski definition) is 4. The molecular formula is C29H19N3S3. The number of amidine groups is 1. The third kappa shape index (κ3) is 3.80. The van der Waals surface area contributed by atoms with Crippen molar-refractivity contribution < 1.29 is 0 Å². The van der Waals surface area contributed by atoms with Crippen LogP contribution in [-0.2, 0) is 0 Å². The van der Waals surface area contributed by atoms with Crippen LogP contribution in [0, 0.1) is 5.41 Å². The molecule has 168 valence electrons. The van der Waals surface area contributed by atoms with Crippen molar-refractivity contribution >= 4 is 57.0 Å². The molecule has 0 unspecified atom stereocenters. The van der Waals surface area contributed by atoms with E-state index >= 15 is 0 Å². The van der Waals surface area contributed by atoms with Crippen molar-refractivity contribution in [2.75, 3.05) is 0 Å². The molecule has 0 aliphatic carbocycles. The number of hydrogen-bond donors (Lipinski definition) is 3. The number of thiocarbonyl (C=S) groups is 2. The van der Waals surface area contributed by atoms with E-state index in [1.165, 1.54) is 11.8 Å². The smallest absolute Gasteiger partial charge is 0.143 e. The second-order valence-corrected chi connectivity index (χ2v) is 10.3. The quantitative estimate of drug-likeness (QED) is 0.202. The first kappa shape index (κ1) is 21.9. The molecule has 0 bridgehead atoms. The standard InChI is InChI=1S/C29H19N3S3/c30-27-23-21(18-12-6-2-7-13-18)16-20(17-10-4-1-5-11-17)22(19-14-8-3-9-15-19)24(23)25(31-27)26-28(33)32-29(34)35-26/h1-16H,(H2,30,31)(H,32,33,34)/b26-25+. The largest absolute Gasteiger partial charge is 0.339 e. The summed E-state index contributed by atoms with van der Waals surface area (Å²) < 4.78 is 0.628. The van der Waals surface area contributed by atoms with Gasteiger partial charge in [0.05, 0.1) is 10.6 Å². The summed E-state index contributed by atoms with van der Waals surface area (Å²) >= 11 is 12.5. The molecule has 4 aromatic carbocycles. The Morgan fingerprint density at radius 3 is 1.63 bits per heavy atom. The lowest BCUT2D eigenvalue weighted by Gasteiger charge is -2.19. The lowest BCUT2D eigenvalue weighted by Crippen LogP contribution is -2.18. The molecule has 4 aromatic rings. The highest BCUT2D eigenvalue weighted by Crippen LogP contribution is 2.48. The van der Waals surface area contributed by atoms with Gasteiger partial charge in [0.1, 0.15) is 15.1 Å². The molecule has 1 saturated heterocycles. The highest BCUT2D eigenvalue weighted by atomic mass is 32.2. The topological polar surface area (TPSA) is 47.9 Å². The number of nitrogens with one attached hydrogen (secondary N) is 3. The lowest BCUT2D eigenvalue weighted by molar-refractivity contribution is 1.30. The molecule has 0 radical (unpaired) electrons. The van der Waals surface area contributed by atoms with Gasteiger partial charge in [0.15, 0.2) is 0 Å². The first-order valence-electron chi connectivity index (χ1n) is 11.1. The van der Waals surface area contributed by atoms with E-state index in [0.29, 0.717) is 15.1 Å². The molecule has 3 nitrogen and oxygen atoms in total. The molecule has 6 rings (SSSR count). The van der Waals surface area contributed by atoms with Gasteiger partial charge >= 0.3 is 0 Å². The van der Waals surface area contributed by atoms with E-state index in [1.807, 2.05) is 42.5 Å². The van der Waals surface area contributed by atoms with E-state index in [4.69, 9.17) is 29.8 Å². The van der Waals surface area contributed by atoms with Gasteiger partial charge in [-0.2, -0.15) is 0 Å². The van der Waals surface area contributed by atoms with Crippen molar-refractivity contribution in [1.29, 1.82) is 5.41 Å². The van der Waals surface area contributed by atoms with Crippen LogP contribution in [0.5, 0.6) is 0 Å². The van der Waals surface area contributed by atoms with Crippen molar-refractivity contribution in [3.63, 3.8) is 0 Å². The molecule has 2 aliphatic heterocycles. The van der Waals surface area contributed by atoms with Crippen LogP contribution in [0.15, 0.2) is 102 Å². The summed E-state index contributed by atoms with van der Waals surface area (Å²) in [6, 6.07) is 33.3. The fraction of sp³-hybridized carbons (Fsp3) is 0. The van der Waals surface area contributed by atoms with Gasteiger partial charge in [-0.3, -0.25) is 5.41 Å². The molecule has 0 atom stereocenters. The van der Waals surface area contributed by atoms with Gasteiger partial charge in [-0.15, -0.1) is 0 Å². The van der Waals surface area contributed by atoms with Gasteiger partial charge in [0.25, 0.3) is 0 Å². The Labute approximate surface area is 218 Å². The normalized spacial score (nSPS) is 16.7. The highest BCUT2D eigenvalue weighted by Gasteiger charge is 2.35. The Kier molecular flexibility index (Phi) is 5.57. The number of rotatable bonds is 3. The minimum atomic E-state index is 0.361. The van der Waals surface area contributed by atoms with Crippen LogP contribution in [0.4, 0.5) is 0 Å². The van der Waals surface area contributed by atoms with Gasteiger partial charge in [-0.1, -0.05) is 127 Å². The zero-order valence-corrected chi connectivity index (χ0v) is 20.9. The van der Waals surface area contributed by atoms with Crippen LogP contribution in [0.25, 0.3) is 39.1 Å². The van der Waals surface area contributed by atoms with Gasteiger partial charge in [0, 0.05) is 11.1 Å². The Bertz CT molecular complexity index is 1540. The summed E-state index contributed by atoms with van der Waals surface area (Å²) in [6.45, 7) is 0. The molecule has 3 N–H and O–H groups in total. The van der Waals surface area contributed by atoms with Crippen molar-refractivity contribution in [3.05, 3.63) is 113 Å². The van der Waals surface area contributed by atoms with Crippen LogP contribution in [0.3, 0.4) is 0 Å². The first-order chi connectivity index (χ1) is 17.1. The average molecular weight is 506 g/mol. The average Bonchev–Trinajstić information content (AvgIpc) is 3.42. The number of fused-ring (bicyclic) bond motifs is 1. The second kappa shape index (κ2) is 8.89. The van der Waals surface area contributed by atoms with Crippen molar-refractivity contribution in [2.24, 2.45) is 0 Å². The van der Waals surface area contributed by atoms with Crippen molar-refractivity contribution in [1.82, 2.24) is 10.6 Å². The zero-order chi connectivity index (χ0) is 23.9. The predicted molar refractivity (Wildman–Crippen MR) is 156 cm³/mol. The molecule has 35 heavy (non-hydrogen) atoms. The fourth-order valence-corrected chi connectivity index (χ4v) is 6.23. The first-order valence-corrected chi connectivity index (χ1v) is 12.8. The van der Waals surface area contributed by atoms with E-state index in [2.05, 4.69) is 65.2 Å². The molecule has 0 aromatic heterocycles. The Hall–Kier alpha value is -3.58. The minimum Gasteiger partial charge on any atom is -0.339 e. The Morgan fingerprint density at radius 1 is 0.600 bits per heavy atom. The monoisotopic (exact) mass is 505 g/mol. The summed E-state index contributed by atoms with van der Waals surface area (Å²) in [4.78, 5) is 1.45. The van der Waals surface area contributed by atoms with Crippen LogP contribution < -0.4 is 10.6 Å². The number of thioether (sulfide) groups is 1. The van der Waals surface area contributed by atoms with Gasteiger partial charge in [0.2, 0.25) is 0 Å². The van der Waals surface area contributed by atoms with Gasteiger partial charge in [-0.05, 0) is 39.4 Å². The maximum absolute atomic E-state index is 9.01. The highest BCUT2D eigenvalue weighted by molar-refractivity contribution is 8.27. The summed E-state index contributed by atoms with van der Waals surface area (Å²) in [7, 11) is 0. The fourth-order valence-electron chi connectivity index (χ4n) is 4.69. The predicted octanol–water partition coefficient (Wildman–Crippen LogP) is 7.23. The summed E-state index contributed by atoms with van der Waals surface area (Å²) in [5.41, 5.74) is 9.15. The molecular weight excluding hydrogens is 487 g/mol. The molecule has 1 fully saturated rings. The summed E-state index contributed by atoms with van der Waals surface area (Å²) in [6.07, 6.45) is 0. The molecule has 2 heterocycles. The second-order valence-electron chi connectivity index (χ2n) is 8.24. The van der Waals surface area contributed by atoms with Crippen LogP contribution >= 0.6 is 36.2 Å². The SMILES string of the molecule is N=C1N/C(=C2/SC(=S)NC2=S)c2c1c(-c1ccccc1)cc(-c1ccccc1)c2-c1ccccc1. The minimum absolute atomic E-state index is 0.361. The van der Waals surface area contributed by atoms with E-state index < -0.39 is 0 Å². The molecule has 0 spiro atoms. The summed E-state index contributed by atoms with van der Waals surface area (Å²) in [5.74, 6) is 0.361. The zero-order valence-electron chi connectivity index (χ0n) is 18.5. The van der Waals surface area contributed by atoms with Gasteiger partial charge in [-0.25, -0.2) is 0 Å². The van der Waals surface area contributed by atoms with E-state index in [-0.39, 0.29) is 0 Å². The molecule has 2 aliphatic rings. The van der Waals surface area contributed by atoms with Gasteiger partial charge < -0.3 is 10.6 Å². The lowest BCUT2D eigenvalue weighted by atomic mass is 9.83. The third-order valence-electron chi connectivity index (χ3n) is 6.15. The third-order valence-corrected chi connectivity index (χ3v) is 7.84. The van der Waals surface area contributed by atoms with Crippen LogP contribution in [0.1, 0.15) is 11.1 Å². The Balaban J connectivity index is 1.79. The number of benzene rings is 4. The van der Waals surface area contributed by atoms with E-state index in [0.717, 1.165) is 55.1 Å². The maximum Gasteiger partial charge on any atom is 0.143 e. The molecule has 0 saturated carbocycles. The van der Waals surface area contributed by atoms with Crippen molar-refractivity contribution in [2.45, 2.75) is 0 Å². The Morgan fingerprint density at radius 2 is 1.11 bits per heavy atom. The maximum atomic E-state index is 9.01. The van der Waals surface area contributed by atoms with Crippen LogP contribution in [-0.4, -0.2) is 15.1 Å². The summed E-state index contributed by atoms with van der Waals surface area (Å²) in [5, 5.41) is 15.5. The van der Waals surface area contributed by atoms with E-state index in [9.17, 15) is 0 Å². The van der Waals surface area contributed by atoms with Crippen molar-refractivity contribution in [3.8, 4) is 33.4 Å². The molecule has 0 amide bonds.